The van der Waals surface area contributed by atoms with Crippen molar-refractivity contribution in [1.82, 2.24) is 4.90 Å². The molecule has 1 saturated heterocycles. The Hall–Kier alpha value is -3.63. The number of nitrogens with one attached hydrogen (secondary N) is 1. The topological polar surface area (TPSA) is 143 Å². The molecule has 2 aliphatic rings. The summed E-state index contributed by atoms with van der Waals surface area (Å²) in [5, 5.41) is 9.67. The molecule has 9 nitrogen and oxygen atoms in total. The molecule has 3 aromatic carbocycles. The quantitative estimate of drug-likeness (QED) is 0.305. The van der Waals surface area contributed by atoms with Crippen molar-refractivity contribution in [3.63, 3.8) is 0 Å². The van der Waals surface area contributed by atoms with Gasteiger partial charge in [-0.15, -0.1) is 0 Å². The summed E-state index contributed by atoms with van der Waals surface area (Å²) in [4.78, 5) is 14.0. The highest BCUT2D eigenvalue weighted by molar-refractivity contribution is 7.92. The molecular weight excluding hydrogens is 514 g/mol. The van der Waals surface area contributed by atoms with E-state index >= 15 is 0 Å². The summed E-state index contributed by atoms with van der Waals surface area (Å²) in [6, 6.07) is 16.2. The highest BCUT2D eigenvalue weighted by Crippen LogP contribution is 2.44. The molecule has 5 N–H and O–H groups in total. The number of likely N-dealkylation sites (tertiary alicyclic amines) is 1. The number of rotatable bonds is 7. The first-order chi connectivity index (χ1) is 18.6. The number of amidine groups is 1. The number of piperidine rings is 1. The highest BCUT2D eigenvalue weighted by Gasteiger charge is 2.38. The molecule has 5 rings (SSSR count). The number of hydrogen-bond donors (Lipinski definition) is 3. The normalized spacial score (nSPS) is 18.7. The number of anilines is 1. The lowest BCUT2D eigenvalue weighted by atomic mass is 9.98. The van der Waals surface area contributed by atoms with Crippen LogP contribution in [0.3, 0.4) is 0 Å². The van der Waals surface area contributed by atoms with Crippen LogP contribution in [-0.4, -0.2) is 56.0 Å². The third kappa shape index (κ3) is 5.31. The van der Waals surface area contributed by atoms with E-state index in [9.17, 15) is 13.2 Å². The summed E-state index contributed by atoms with van der Waals surface area (Å²) in [6.45, 7) is 4.57. The minimum absolute atomic E-state index is 0.00972. The van der Waals surface area contributed by atoms with Crippen molar-refractivity contribution in [2.45, 2.75) is 51.3 Å². The first-order valence-corrected chi connectivity index (χ1v) is 14.9. The Morgan fingerprint density at radius 2 is 1.79 bits per heavy atom. The van der Waals surface area contributed by atoms with Gasteiger partial charge in [0.1, 0.15) is 17.7 Å². The zero-order valence-corrected chi connectivity index (χ0v) is 23.1. The fourth-order valence-electron chi connectivity index (χ4n) is 5.52. The average Bonchev–Trinajstić information content (AvgIpc) is 3.32. The minimum atomic E-state index is -3.55. The summed E-state index contributed by atoms with van der Waals surface area (Å²) >= 11 is 0. The number of amides is 1. The molecule has 0 bridgehead atoms. The maximum absolute atomic E-state index is 13.3. The molecule has 1 amide bonds. The smallest absolute Gasteiger partial charge is 0.239 e. The lowest BCUT2D eigenvalue weighted by molar-refractivity contribution is -0.133. The van der Waals surface area contributed by atoms with E-state index < -0.39 is 22.1 Å². The maximum Gasteiger partial charge on any atom is 0.239 e. The van der Waals surface area contributed by atoms with Gasteiger partial charge in [-0.25, -0.2) is 8.42 Å². The molecule has 1 unspecified atom stereocenters. The Balaban J connectivity index is 1.40. The van der Waals surface area contributed by atoms with Crippen LogP contribution >= 0.6 is 0 Å². The first-order valence-electron chi connectivity index (χ1n) is 13.3. The van der Waals surface area contributed by atoms with Crippen LogP contribution in [0.2, 0.25) is 0 Å². The van der Waals surface area contributed by atoms with Gasteiger partial charge in [-0.05, 0) is 66.1 Å². The molecule has 39 heavy (non-hydrogen) atoms. The lowest BCUT2D eigenvalue weighted by Gasteiger charge is -2.33. The summed E-state index contributed by atoms with van der Waals surface area (Å²) in [7, 11) is -3.55. The van der Waals surface area contributed by atoms with E-state index in [0.29, 0.717) is 49.4 Å². The van der Waals surface area contributed by atoms with E-state index in [-0.39, 0.29) is 23.6 Å². The van der Waals surface area contributed by atoms with Crippen molar-refractivity contribution >= 4 is 38.2 Å². The zero-order chi connectivity index (χ0) is 27.9. The molecule has 0 saturated carbocycles. The van der Waals surface area contributed by atoms with Crippen molar-refractivity contribution < 1.29 is 17.9 Å². The Kier molecular flexibility index (Phi) is 7.26. The summed E-state index contributed by atoms with van der Waals surface area (Å²) < 4.78 is 34.4. The van der Waals surface area contributed by atoms with Gasteiger partial charge in [0, 0.05) is 37.9 Å². The maximum atomic E-state index is 13.3. The molecule has 0 aromatic heterocycles. The Morgan fingerprint density at radius 1 is 1.08 bits per heavy atom. The molecule has 2 atom stereocenters. The third-order valence-corrected chi connectivity index (χ3v) is 9.44. The predicted molar refractivity (Wildman–Crippen MR) is 154 cm³/mol. The molecule has 2 aliphatic heterocycles. The van der Waals surface area contributed by atoms with Crippen molar-refractivity contribution in [1.29, 1.82) is 5.41 Å². The molecule has 3 aromatic rings. The Bertz CT molecular complexity index is 1530. The van der Waals surface area contributed by atoms with Crippen LogP contribution in [0.25, 0.3) is 10.8 Å². The average molecular weight is 550 g/mol. The second-order valence-corrected chi connectivity index (χ2v) is 12.5. The van der Waals surface area contributed by atoms with Gasteiger partial charge in [0.25, 0.3) is 0 Å². The number of carbonyl (C=O) groups excluding carboxylic acids is 1. The number of nitrogen functional groups attached to an aromatic ring is 1. The third-order valence-electron chi connectivity index (χ3n) is 7.66. The number of ether oxygens (including phenoxy) is 1. The van der Waals surface area contributed by atoms with E-state index in [1.807, 2.05) is 54.6 Å². The fraction of sp³-hybridized carbons (Fsp3) is 0.379. The van der Waals surface area contributed by atoms with Crippen LogP contribution in [0.5, 0.6) is 5.75 Å². The predicted octanol–water partition coefficient (Wildman–Crippen LogP) is 3.29. The Morgan fingerprint density at radius 3 is 2.46 bits per heavy atom. The molecule has 206 valence electrons. The number of sulfonamides is 1. The van der Waals surface area contributed by atoms with Gasteiger partial charge < -0.3 is 21.1 Å². The second kappa shape index (κ2) is 10.5. The zero-order valence-electron chi connectivity index (χ0n) is 22.3. The van der Waals surface area contributed by atoms with Gasteiger partial charge in [0.05, 0.1) is 23.5 Å². The summed E-state index contributed by atoms with van der Waals surface area (Å²) in [5.41, 5.74) is 14.5. The van der Waals surface area contributed by atoms with Gasteiger partial charge in [0.15, 0.2) is 0 Å². The number of benzene rings is 3. The fourth-order valence-corrected chi connectivity index (χ4v) is 6.86. The van der Waals surface area contributed by atoms with Crippen LogP contribution in [0.15, 0.2) is 54.6 Å². The van der Waals surface area contributed by atoms with Gasteiger partial charge >= 0.3 is 0 Å². The van der Waals surface area contributed by atoms with Gasteiger partial charge in [-0.3, -0.25) is 14.5 Å². The standard InChI is InChI=1S/C29H35N5O4S/c1-3-39(36,37)34-26-9-8-25(38-24-10-12-33(13-11-24)29(35)18(2)30)16-23(26)17-27(34)20-6-4-19-5-7-21(28(31)32)15-22(19)14-20/h4-9,14-16,18,24,27H,3,10-13,17,30H2,1-2H3,(H3,31,32)/t18-,27?/m0/s1. The summed E-state index contributed by atoms with van der Waals surface area (Å²) in [6.07, 6.45) is 1.93. The van der Waals surface area contributed by atoms with Crippen LogP contribution in [0.1, 0.15) is 49.4 Å². The van der Waals surface area contributed by atoms with Crippen LogP contribution in [-0.2, 0) is 21.2 Å². The minimum Gasteiger partial charge on any atom is -0.490 e. The van der Waals surface area contributed by atoms with E-state index in [1.54, 1.807) is 23.1 Å². The molecule has 0 aliphatic carbocycles. The van der Waals surface area contributed by atoms with Crippen molar-refractivity contribution in [3.05, 3.63) is 71.3 Å². The second-order valence-electron chi connectivity index (χ2n) is 10.4. The molecule has 0 spiro atoms. The van der Waals surface area contributed by atoms with E-state index in [1.165, 1.54) is 0 Å². The van der Waals surface area contributed by atoms with E-state index in [2.05, 4.69) is 0 Å². The van der Waals surface area contributed by atoms with E-state index in [4.69, 9.17) is 21.6 Å². The van der Waals surface area contributed by atoms with Crippen LogP contribution in [0, 0.1) is 5.41 Å². The molecule has 10 heteroatoms. The number of nitrogens with two attached hydrogens (primary N) is 2. The van der Waals surface area contributed by atoms with Crippen molar-refractivity contribution in [2.75, 3.05) is 23.1 Å². The lowest BCUT2D eigenvalue weighted by Crippen LogP contribution is -2.47. The van der Waals surface area contributed by atoms with Gasteiger partial charge in [-0.2, -0.15) is 0 Å². The number of carbonyl (C=O) groups is 1. The number of hydrogen-bond acceptors (Lipinski definition) is 6. The summed E-state index contributed by atoms with van der Waals surface area (Å²) in [5.74, 6) is 0.636. The molecule has 1 fully saturated rings. The highest BCUT2D eigenvalue weighted by atomic mass is 32.2. The van der Waals surface area contributed by atoms with E-state index in [0.717, 1.165) is 21.9 Å². The Labute approximate surface area is 229 Å². The molecule has 0 radical (unpaired) electrons. The first kappa shape index (κ1) is 27.0. The SMILES string of the molecule is CCS(=O)(=O)N1c2ccc(OC3CCN(C(=O)[C@H](C)N)CC3)cc2CC1c1ccc2ccc(C(=N)N)cc2c1. The van der Waals surface area contributed by atoms with Crippen LogP contribution < -0.4 is 20.5 Å². The van der Waals surface area contributed by atoms with Gasteiger partial charge in [0.2, 0.25) is 15.9 Å². The van der Waals surface area contributed by atoms with Crippen molar-refractivity contribution in [2.24, 2.45) is 11.5 Å². The van der Waals surface area contributed by atoms with Crippen molar-refractivity contribution in [3.8, 4) is 5.75 Å². The number of nitrogens with zero attached hydrogens (tertiary/aromatic N) is 2. The molecular formula is C29H35N5O4S. The van der Waals surface area contributed by atoms with Crippen LogP contribution in [0.4, 0.5) is 5.69 Å². The molecule has 2 heterocycles. The monoisotopic (exact) mass is 549 g/mol. The van der Waals surface area contributed by atoms with Gasteiger partial charge in [-0.1, -0.05) is 24.3 Å². The largest absolute Gasteiger partial charge is 0.490 e. The number of fused-ring (bicyclic) bond motifs is 2.